The highest BCUT2D eigenvalue weighted by molar-refractivity contribution is 5.95. The number of imidazole rings is 1. The Kier molecular flexibility index (Phi) is 4.25. The average molecular weight is 439 g/mol. The second kappa shape index (κ2) is 6.90. The molecule has 0 saturated heterocycles. The zero-order valence-electron chi connectivity index (χ0n) is 16.6. The van der Waals surface area contributed by atoms with Crippen molar-refractivity contribution in [2.75, 3.05) is 11.4 Å². The topological polar surface area (TPSA) is 161 Å². The molecule has 32 heavy (non-hydrogen) atoms. The molecule has 3 aromatic rings. The van der Waals surface area contributed by atoms with Gasteiger partial charge in [-0.15, -0.1) is 0 Å². The van der Waals surface area contributed by atoms with Crippen LogP contribution >= 0.6 is 0 Å². The molecule has 5 rings (SSSR count). The van der Waals surface area contributed by atoms with E-state index in [-0.39, 0.29) is 35.0 Å². The lowest BCUT2D eigenvalue weighted by atomic mass is 10.1. The first-order valence-corrected chi connectivity index (χ1v) is 9.89. The molecule has 2 aliphatic rings. The standard InChI is InChI=1S/C20H17N5O7/c26-18-11-5-16(25(31)32)15(6-14(11)24(10-1-2-10)7-12(18)19(27)28)22-3-4-23-8-13(20(29)30)21-17(23)9-22/h5-8,10H,1-4,9H2,(H,27,28)(H,29,30). The highest BCUT2D eigenvalue weighted by Gasteiger charge is 2.31. The number of nitro groups is 1. The molecular formula is C20H17N5O7. The largest absolute Gasteiger partial charge is 0.477 e. The lowest BCUT2D eigenvalue weighted by Gasteiger charge is -2.29. The molecule has 0 atom stereocenters. The summed E-state index contributed by atoms with van der Waals surface area (Å²) in [7, 11) is 0. The van der Waals surface area contributed by atoms with E-state index in [9.17, 15) is 34.7 Å². The van der Waals surface area contributed by atoms with Gasteiger partial charge in [-0.3, -0.25) is 14.9 Å². The smallest absolute Gasteiger partial charge is 0.356 e. The summed E-state index contributed by atoms with van der Waals surface area (Å²) >= 11 is 0. The quantitative estimate of drug-likeness (QED) is 0.446. The second-order valence-corrected chi connectivity index (χ2v) is 7.89. The van der Waals surface area contributed by atoms with Crippen molar-refractivity contribution in [3.8, 4) is 0 Å². The van der Waals surface area contributed by atoms with Crippen molar-refractivity contribution < 1.29 is 24.7 Å². The van der Waals surface area contributed by atoms with E-state index in [4.69, 9.17) is 0 Å². The number of hydrogen-bond acceptors (Lipinski definition) is 7. The van der Waals surface area contributed by atoms with Gasteiger partial charge in [-0.2, -0.15) is 0 Å². The summed E-state index contributed by atoms with van der Waals surface area (Å²) in [5.74, 6) is -2.07. The predicted octanol–water partition coefficient (Wildman–Crippen LogP) is 1.86. The molecule has 164 valence electrons. The minimum absolute atomic E-state index is 0.0149. The molecule has 1 aliphatic carbocycles. The molecule has 1 saturated carbocycles. The molecule has 0 unspecified atom stereocenters. The first-order chi connectivity index (χ1) is 15.2. The SMILES string of the molecule is O=C(O)c1cn2c(n1)CN(c1cc3c(cc1[N+](=O)[O-])c(=O)c(C(=O)O)cn3C1CC1)CC2. The van der Waals surface area contributed by atoms with Gasteiger partial charge in [0.25, 0.3) is 5.69 Å². The molecule has 12 heteroatoms. The lowest BCUT2D eigenvalue weighted by molar-refractivity contribution is -0.384. The number of nitro benzene ring substituents is 1. The summed E-state index contributed by atoms with van der Waals surface area (Å²) in [6.07, 6.45) is 4.38. The fraction of sp³-hybridized carbons (Fsp3) is 0.300. The fourth-order valence-electron chi connectivity index (χ4n) is 4.14. The van der Waals surface area contributed by atoms with Crippen LogP contribution in [0.2, 0.25) is 0 Å². The summed E-state index contributed by atoms with van der Waals surface area (Å²) in [5, 5.41) is 30.4. The van der Waals surface area contributed by atoms with Crippen molar-refractivity contribution in [3.63, 3.8) is 0 Å². The Morgan fingerprint density at radius 1 is 1.12 bits per heavy atom. The van der Waals surface area contributed by atoms with Gasteiger partial charge in [0.2, 0.25) is 5.43 Å². The first-order valence-electron chi connectivity index (χ1n) is 9.89. The molecule has 1 aromatic carbocycles. The monoisotopic (exact) mass is 439 g/mol. The molecular weight excluding hydrogens is 422 g/mol. The molecule has 3 heterocycles. The number of fused-ring (bicyclic) bond motifs is 2. The second-order valence-electron chi connectivity index (χ2n) is 7.89. The molecule has 2 aromatic heterocycles. The van der Waals surface area contributed by atoms with Crippen LogP contribution in [0, 0.1) is 10.1 Å². The van der Waals surface area contributed by atoms with E-state index < -0.39 is 27.9 Å². The summed E-state index contributed by atoms with van der Waals surface area (Å²) in [5.41, 5.74) is -0.905. The molecule has 1 aliphatic heterocycles. The van der Waals surface area contributed by atoms with Crippen LogP contribution in [0.3, 0.4) is 0 Å². The van der Waals surface area contributed by atoms with Gasteiger partial charge in [0.1, 0.15) is 17.1 Å². The number of anilines is 1. The number of carbonyl (C=O) groups is 2. The van der Waals surface area contributed by atoms with Gasteiger partial charge in [-0.1, -0.05) is 0 Å². The fourth-order valence-corrected chi connectivity index (χ4v) is 4.14. The summed E-state index contributed by atoms with van der Waals surface area (Å²) < 4.78 is 3.41. The minimum Gasteiger partial charge on any atom is -0.477 e. The van der Waals surface area contributed by atoms with Crippen molar-refractivity contribution in [1.29, 1.82) is 0 Å². The number of aromatic carboxylic acids is 2. The van der Waals surface area contributed by atoms with Gasteiger partial charge >= 0.3 is 11.9 Å². The third kappa shape index (κ3) is 3.07. The van der Waals surface area contributed by atoms with E-state index in [1.54, 1.807) is 20.1 Å². The molecule has 2 N–H and O–H groups in total. The predicted molar refractivity (Wildman–Crippen MR) is 110 cm³/mol. The van der Waals surface area contributed by atoms with Crippen LogP contribution < -0.4 is 10.3 Å². The van der Waals surface area contributed by atoms with Crippen LogP contribution in [0.15, 0.2) is 29.3 Å². The number of hydrogen-bond donors (Lipinski definition) is 2. The zero-order valence-corrected chi connectivity index (χ0v) is 16.6. The van der Waals surface area contributed by atoms with E-state index in [0.29, 0.717) is 24.4 Å². The first kappa shape index (κ1) is 19.7. The van der Waals surface area contributed by atoms with Gasteiger partial charge in [0.15, 0.2) is 5.69 Å². The zero-order chi connectivity index (χ0) is 22.7. The van der Waals surface area contributed by atoms with E-state index >= 15 is 0 Å². The van der Waals surface area contributed by atoms with Crippen LogP contribution in [0.4, 0.5) is 11.4 Å². The van der Waals surface area contributed by atoms with Gasteiger partial charge in [-0.05, 0) is 18.9 Å². The van der Waals surface area contributed by atoms with Gasteiger partial charge in [0, 0.05) is 37.6 Å². The van der Waals surface area contributed by atoms with Crippen molar-refractivity contribution in [2.24, 2.45) is 0 Å². The summed E-state index contributed by atoms with van der Waals surface area (Å²) in [6, 6.07) is 2.72. The van der Waals surface area contributed by atoms with E-state index in [0.717, 1.165) is 18.9 Å². The maximum absolute atomic E-state index is 12.8. The Bertz CT molecular complexity index is 1390. The van der Waals surface area contributed by atoms with E-state index in [1.807, 2.05) is 0 Å². The van der Waals surface area contributed by atoms with E-state index in [1.165, 1.54) is 12.4 Å². The van der Waals surface area contributed by atoms with Crippen LogP contribution in [0.1, 0.15) is 45.6 Å². The maximum Gasteiger partial charge on any atom is 0.356 e. The summed E-state index contributed by atoms with van der Waals surface area (Å²) in [6.45, 7) is 0.911. The highest BCUT2D eigenvalue weighted by Crippen LogP contribution is 2.40. The molecule has 0 radical (unpaired) electrons. The van der Waals surface area contributed by atoms with Gasteiger partial charge < -0.3 is 24.2 Å². The molecule has 0 bridgehead atoms. The number of nitrogens with zero attached hydrogens (tertiary/aromatic N) is 5. The van der Waals surface area contributed by atoms with Crippen molar-refractivity contribution in [1.82, 2.24) is 14.1 Å². The number of pyridine rings is 1. The Labute approximate surface area is 179 Å². The highest BCUT2D eigenvalue weighted by atomic mass is 16.6. The van der Waals surface area contributed by atoms with Crippen LogP contribution in [0.5, 0.6) is 0 Å². The van der Waals surface area contributed by atoms with E-state index in [2.05, 4.69) is 4.98 Å². The van der Waals surface area contributed by atoms with Crippen molar-refractivity contribution in [2.45, 2.75) is 32.0 Å². The Hall–Kier alpha value is -4.22. The molecule has 0 spiro atoms. The molecule has 12 nitrogen and oxygen atoms in total. The number of rotatable bonds is 5. The van der Waals surface area contributed by atoms with Crippen molar-refractivity contribution in [3.05, 3.63) is 61.9 Å². The average Bonchev–Trinajstić information content (AvgIpc) is 3.50. The van der Waals surface area contributed by atoms with Crippen molar-refractivity contribution >= 4 is 34.2 Å². The number of aromatic nitrogens is 3. The Morgan fingerprint density at radius 3 is 2.50 bits per heavy atom. The minimum atomic E-state index is -1.38. The Balaban J connectivity index is 1.68. The number of benzene rings is 1. The number of carboxylic acids is 2. The molecule has 0 amide bonds. The third-order valence-corrected chi connectivity index (χ3v) is 5.86. The summed E-state index contributed by atoms with van der Waals surface area (Å²) in [4.78, 5) is 52.6. The molecule has 1 fully saturated rings. The Morgan fingerprint density at radius 2 is 1.88 bits per heavy atom. The van der Waals surface area contributed by atoms with Crippen LogP contribution in [0.25, 0.3) is 10.9 Å². The van der Waals surface area contributed by atoms with Gasteiger partial charge in [0.05, 0.1) is 22.4 Å². The maximum atomic E-state index is 12.8. The van der Waals surface area contributed by atoms with Gasteiger partial charge in [-0.25, -0.2) is 14.6 Å². The lowest BCUT2D eigenvalue weighted by Crippen LogP contribution is -2.34. The number of carboxylic acid groups (broad SMARTS) is 2. The third-order valence-electron chi connectivity index (χ3n) is 5.86. The van der Waals surface area contributed by atoms with Crippen LogP contribution in [-0.2, 0) is 13.1 Å². The normalized spacial score (nSPS) is 15.6. The van der Waals surface area contributed by atoms with Crippen LogP contribution in [-0.4, -0.2) is 47.7 Å².